The Morgan fingerprint density at radius 3 is 2.47 bits per heavy atom. The third kappa shape index (κ3) is 1.67. The second kappa shape index (κ2) is 3.59. The zero-order chi connectivity index (χ0) is 13.0. The number of benzene rings is 1. The summed E-state index contributed by atoms with van der Waals surface area (Å²) in [6, 6.07) is 1.83. The van der Waals surface area contributed by atoms with Gasteiger partial charge in [-0.25, -0.2) is 0 Å². The lowest BCUT2D eigenvalue weighted by molar-refractivity contribution is 0.0862. The van der Waals surface area contributed by atoms with Crippen LogP contribution in [0, 0.1) is 12.3 Å². The molecule has 0 spiro atoms. The topological polar surface area (TPSA) is 37.3 Å². The lowest BCUT2D eigenvalue weighted by atomic mass is 9.88. The Morgan fingerprint density at radius 2 is 1.94 bits per heavy atom. The fraction of sp³-hybridized carbons (Fsp3) is 0.533. The van der Waals surface area contributed by atoms with Crippen LogP contribution in [-0.2, 0) is 6.42 Å². The van der Waals surface area contributed by atoms with Crippen molar-refractivity contribution in [2.75, 3.05) is 0 Å². The average molecular weight is 232 g/mol. The third-order valence-corrected chi connectivity index (χ3v) is 3.78. The third-order valence-electron chi connectivity index (χ3n) is 3.78. The summed E-state index contributed by atoms with van der Waals surface area (Å²) in [5.74, 6) is 0.748. The number of carbonyl (C=O) groups is 1. The highest BCUT2D eigenvalue weighted by atomic mass is 16.3. The van der Waals surface area contributed by atoms with Crippen LogP contribution in [0.1, 0.15) is 60.7 Å². The van der Waals surface area contributed by atoms with Gasteiger partial charge in [-0.05, 0) is 36.5 Å². The molecule has 0 fully saturated rings. The van der Waals surface area contributed by atoms with Crippen molar-refractivity contribution < 1.29 is 9.90 Å². The normalized spacial score (nSPS) is 17.6. The first-order valence-electron chi connectivity index (χ1n) is 6.16. The summed E-state index contributed by atoms with van der Waals surface area (Å²) in [4.78, 5) is 12.4. The van der Waals surface area contributed by atoms with E-state index in [1.165, 1.54) is 0 Å². The maximum absolute atomic E-state index is 12.4. The number of ketones is 1. The highest BCUT2D eigenvalue weighted by molar-refractivity contribution is 6.06. The number of aromatic hydroxyl groups is 1. The molecular weight excluding hydrogens is 212 g/mol. The maximum atomic E-state index is 12.4. The molecule has 0 saturated heterocycles. The van der Waals surface area contributed by atoms with Crippen LogP contribution in [0.4, 0.5) is 0 Å². The van der Waals surface area contributed by atoms with Crippen molar-refractivity contribution in [2.45, 2.75) is 47.0 Å². The number of rotatable bonds is 1. The highest BCUT2D eigenvalue weighted by Gasteiger charge is 2.40. The molecule has 0 saturated carbocycles. The van der Waals surface area contributed by atoms with E-state index in [0.717, 1.165) is 28.7 Å². The van der Waals surface area contributed by atoms with E-state index < -0.39 is 0 Å². The molecule has 0 aromatic heterocycles. The molecule has 1 aliphatic rings. The summed E-state index contributed by atoms with van der Waals surface area (Å²) in [5.41, 5.74) is 3.43. The summed E-state index contributed by atoms with van der Waals surface area (Å²) in [6.45, 7) is 9.99. The van der Waals surface area contributed by atoms with Crippen LogP contribution in [0.15, 0.2) is 6.07 Å². The minimum atomic E-state index is -0.329. The highest BCUT2D eigenvalue weighted by Crippen LogP contribution is 2.43. The van der Waals surface area contributed by atoms with Crippen LogP contribution < -0.4 is 0 Å². The number of phenolic OH excluding ortho intramolecular Hbond substituents is 1. The largest absolute Gasteiger partial charge is 0.508 e. The van der Waals surface area contributed by atoms with Gasteiger partial charge in [0, 0.05) is 16.5 Å². The Hall–Kier alpha value is -1.31. The SMILES string of the molecule is Cc1c(O)cc(C(C)C)c2c1C(=O)C(C)(C)C2. The molecular formula is C15H20O2. The van der Waals surface area contributed by atoms with Crippen LogP contribution >= 0.6 is 0 Å². The number of hydrogen-bond donors (Lipinski definition) is 1. The Kier molecular flexibility index (Phi) is 2.57. The minimum Gasteiger partial charge on any atom is -0.508 e. The monoisotopic (exact) mass is 232 g/mol. The predicted molar refractivity (Wildman–Crippen MR) is 68.7 cm³/mol. The van der Waals surface area contributed by atoms with Crippen molar-refractivity contribution in [3.8, 4) is 5.75 Å². The number of carbonyl (C=O) groups excluding carboxylic acids is 1. The van der Waals surface area contributed by atoms with Gasteiger partial charge in [0.15, 0.2) is 5.78 Å². The Morgan fingerprint density at radius 1 is 1.35 bits per heavy atom. The van der Waals surface area contributed by atoms with Gasteiger partial charge in [0.05, 0.1) is 0 Å². The molecule has 1 N–H and O–H groups in total. The zero-order valence-electron chi connectivity index (χ0n) is 11.2. The van der Waals surface area contributed by atoms with Crippen LogP contribution in [0.5, 0.6) is 5.75 Å². The number of phenols is 1. The fourth-order valence-corrected chi connectivity index (χ4v) is 2.71. The van der Waals surface area contributed by atoms with Crippen LogP contribution in [0.2, 0.25) is 0 Å². The van der Waals surface area contributed by atoms with E-state index in [4.69, 9.17) is 0 Å². The second-order valence-corrected chi connectivity index (χ2v) is 6.01. The van der Waals surface area contributed by atoms with E-state index in [0.29, 0.717) is 5.92 Å². The number of fused-ring (bicyclic) bond motifs is 1. The molecule has 0 atom stereocenters. The average Bonchev–Trinajstić information content (AvgIpc) is 2.44. The molecule has 2 nitrogen and oxygen atoms in total. The van der Waals surface area contributed by atoms with Gasteiger partial charge in [-0.2, -0.15) is 0 Å². The van der Waals surface area contributed by atoms with E-state index in [9.17, 15) is 9.90 Å². The van der Waals surface area contributed by atoms with E-state index in [-0.39, 0.29) is 16.9 Å². The summed E-state index contributed by atoms with van der Waals surface area (Å²) in [6.07, 6.45) is 0.787. The second-order valence-electron chi connectivity index (χ2n) is 6.01. The van der Waals surface area contributed by atoms with E-state index >= 15 is 0 Å². The van der Waals surface area contributed by atoms with Gasteiger partial charge in [0.2, 0.25) is 0 Å². The lowest BCUT2D eigenvalue weighted by Gasteiger charge is -2.15. The Bertz CT molecular complexity index is 496. The van der Waals surface area contributed by atoms with Gasteiger partial charge in [0.1, 0.15) is 5.75 Å². The molecule has 0 amide bonds. The minimum absolute atomic E-state index is 0.169. The molecule has 0 radical (unpaired) electrons. The zero-order valence-corrected chi connectivity index (χ0v) is 11.2. The fourth-order valence-electron chi connectivity index (χ4n) is 2.71. The van der Waals surface area contributed by atoms with E-state index in [1.807, 2.05) is 26.8 Å². The number of hydrogen-bond acceptors (Lipinski definition) is 2. The smallest absolute Gasteiger partial charge is 0.169 e. The molecule has 0 heterocycles. The molecule has 0 bridgehead atoms. The van der Waals surface area contributed by atoms with E-state index in [1.54, 1.807) is 0 Å². The lowest BCUT2D eigenvalue weighted by Crippen LogP contribution is -2.19. The standard InChI is InChI=1S/C15H20O2/c1-8(2)10-6-12(16)9(3)13-11(10)7-15(4,5)14(13)17/h6,8,16H,7H2,1-5H3. The van der Waals surface area contributed by atoms with Crippen LogP contribution in [-0.4, -0.2) is 10.9 Å². The van der Waals surface area contributed by atoms with Crippen molar-refractivity contribution in [3.63, 3.8) is 0 Å². The van der Waals surface area contributed by atoms with Crippen molar-refractivity contribution in [1.82, 2.24) is 0 Å². The van der Waals surface area contributed by atoms with Crippen LogP contribution in [0.3, 0.4) is 0 Å². The van der Waals surface area contributed by atoms with Gasteiger partial charge in [-0.1, -0.05) is 27.7 Å². The van der Waals surface area contributed by atoms with Crippen molar-refractivity contribution in [1.29, 1.82) is 0 Å². The van der Waals surface area contributed by atoms with Gasteiger partial charge in [0.25, 0.3) is 0 Å². The first kappa shape index (κ1) is 12.2. The molecule has 0 aliphatic heterocycles. The summed E-state index contributed by atoms with van der Waals surface area (Å²) in [7, 11) is 0. The Balaban J connectivity index is 2.75. The molecule has 0 unspecified atom stereocenters. The first-order chi connectivity index (χ1) is 7.75. The Labute approximate surface area is 103 Å². The number of Topliss-reactive ketones (excluding diaryl/α,β-unsaturated/α-hetero) is 1. The van der Waals surface area contributed by atoms with Crippen LogP contribution in [0.25, 0.3) is 0 Å². The van der Waals surface area contributed by atoms with Gasteiger partial charge in [-0.3, -0.25) is 4.79 Å². The van der Waals surface area contributed by atoms with Gasteiger partial charge >= 0.3 is 0 Å². The quantitative estimate of drug-likeness (QED) is 0.803. The molecule has 92 valence electrons. The molecule has 1 aromatic carbocycles. The van der Waals surface area contributed by atoms with Gasteiger partial charge < -0.3 is 5.11 Å². The predicted octanol–water partition coefficient (Wildman–Crippen LogP) is 3.59. The van der Waals surface area contributed by atoms with Gasteiger partial charge in [-0.15, -0.1) is 0 Å². The molecule has 2 rings (SSSR count). The molecule has 17 heavy (non-hydrogen) atoms. The summed E-state index contributed by atoms with van der Waals surface area (Å²) in [5, 5.41) is 9.95. The summed E-state index contributed by atoms with van der Waals surface area (Å²) >= 11 is 0. The summed E-state index contributed by atoms with van der Waals surface area (Å²) < 4.78 is 0. The molecule has 1 aromatic rings. The van der Waals surface area contributed by atoms with Crippen molar-refractivity contribution in [2.24, 2.45) is 5.41 Å². The van der Waals surface area contributed by atoms with E-state index in [2.05, 4.69) is 13.8 Å². The van der Waals surface area contributed by atoms with Crippen molar-refractivity contribution >= 4 is 5.78 Å². The van der Waals surface area contributed by atoms with Crippen molar-refractivity contribution in [3.05, 3.63) is 28.3 Å². The maximum Gasteiger partial charge on any atom is 0.169 e. The molecule has 1 aliphatic carbocycles. The first-order valence-corrected chi connectivity index (χ1v) is 6.16. The molecule has 2 heteroatoms.